The number of hydrogen-bond acceptors (Lipinski definition) is 12. The van der Waals surface area contributed by atoms with Crippen molar-refractivity contribution in [2.75, 3.05) is 28.4 Å². The minimum absolute atomic E-state index is 0.0630. The number of hydrogen-bond donors (Lipinski definition) is 0. The fraction of sp³-hybridized carbons (Fsp3) is 0.500. The highest BCUT2D eigenvalue weighted by molar-refractivity contribution is 8.27. The lowest BCUT2D eigenvalue weighted by Gasteiger charge is -2.28. The van der Waals surface area contributed by atoms with Gasteiger partial charge in [-0.3, -0.25) is 0 Å². The van der Waals surface area contributed by atoms with E-state index < -0.39 is 23.9 Å². The summed E-state index contributed by atoms with van der Waals surface area (Å²) in [6.07, 6.45) is 2.37. The van der Waals surface area contributed by atoms with Gasteiger partial charge in [0, 0.05) is 60.9 Å². The van der Waals surface area contributed by atoms with Gasteiger partial charge in [-0.25, -0.2) is 19.2 Å². The van der Waals surface area contributed by atoms with Crippen LogP contribution in [0.5, 0.6) is 0 Å². The van der Waals surface area contributed by atoms with Gasteiger partial charge < -0.3 is 18.9 Å². The average Bonchev–Trinajstić information content (AvgIpc) is 3.88. The maximum absolute atomic E-state index is 13.0. The third kappa shape index (κ3) is 3.77. The van der Waals surface area contributed by atoms with Crippen LogP contribution >= 0.6 is 47.0 Å². The Morgan fingerprint density at radius 3 is 1.48 bits per heavy atom. The molecule has 230 valence electrons. The number of esters is 4. The van der Waals surface area contributed by atoms with Crippen LogP contribution in [0.2, 0.25) is 0 Å². The molecule has 4 bridgehead atoms. The molecule has 2 saturated heterocycles. The summed E-state index contributed by atoms with van der Waals surface area (Å²) in [6, 6.07) is 8.57. The Morgan fingerprint density at radius 1 is 0.636 bits per heavy atom. The van der Waals surface area contributed by atoms with E-state index in [9.17, 15) is 19.2 Å². The van der Waals surface area contributed by atoms with Gasteiger partial charge in [0.25, 0.3) is 0 Å². The second kappa shape index (κ2) is 10.4. The molecule has 0 aromatic heterocycles. The minimum Gasteiger partial charge on any atom is -0.466 e. The van der Waals surface area contributed by atoms with Crippen molar-refractivity contribution in [2.24, 2.45) is 23.7 Å². The third-order valence-electron chi connectivity index (χ3n) is 10.4. The molecular formula is C32H30O8S4. The van der Waals surface area contributed by atoms with Crippen LogP contribution in [0.4, 0.5) is 0 Å². The standard InChI is InChI=1S/C32H30O8S4/c1-37-27(33)18-14-9-15(19(18)28(34)38-2)24-23(14)41-31(42-24)22-13-8-6-5-7-12(13)11-32(22)43-25-16-10-17(26(25)44-32)21(30(36)40-4)20(16)29(35)39-3/h5-8,14-17,23-26H,9-11H2,1-4H3. The highest BCUT2D eigenvalue weighted by atomic mass is 32.2. The van der Waals surface area contributed by atoms with Crippen molar-refractivity contribution < 1.29 is 38.1 Å². The van der Waals surface area contributed by atoms with Crippen LogP contribution in [-0.4, -0.2) is 77.4 Å². The van der Waals surface area contributed by atoms with Crippen LogP contribution in [-0.2, 0) is 44.5 Å². The number of ether oxygens (including phenoxy) is 4. The van der Waals surface area contributed by atoms with Gasteiger partial charge in [0.05, 0.1) is 54.8 Å². The first-order valence-electron chi connectivity index (χ1n) is 14.6. The molecule has 7 aliphatic rings. The van der Waals surface area contributed by atoms with Gasteiger partial charge >= 0.3 is 23.9 Å². The molecule has 2 heterocycles. The van der Waals surface area contributed by atoms with Crippen LogP contribution in [0.15, 0.2) is 50.8 Å². The van der Waals surface area contributed by atoms with E-state index in [-0.39, 0.29) is 48.8 Å². The highest BCUT2D eigenvalue weighted by Crippen LogP contribution is 2.75. The van der Waals surface area contributed by atoms with Crippen molar-refractivity contribution in [1.82, 2.24) is 0 Å². The molecule has 0 radical (unpaired) electrons. The smallest absolute Gasteiger partial charge is 0.334 e. The zero-order valence-electron chi connectivity index (χ0n) is 24.4. The molecule has 1 spiro atoms. The second-order valence-corrected chi connectivity index (χ2v) is 17.9. The number of carbonyl (C=O) groups excluding carboxylic acids is 4. The van der Waals surface area contributed by atoms with Crippen LogP contribution in [0, 0.1) is 23.7 Å². The predicted octanol–water partition coefficient (Wildman–Crippen LogP) is 4.63. The zero-order valence-corrected chi connectivity index (χ0v) is 27.7. The van der Waals surface area contributed by atoms with E-state index in [1.165, 1.54) is 49.4 Å². The van der Waals surface area contributed by atoms with Crippen LogP contribution in [0.3, 0.4) is 0 Å². The van der Waals surface area contributed by atoms with Crippen molar-refractivity contribution in [3.05, 3.63) is 61.9 Å². The molecule has 0 amide bonds. The third-order valence-corrected chi connectivity index (χ3v) is 17.7. The number of thioether (sulfide) groups is 4. The molecule has 4 fully saturated rings. The monoisotopic (exact) mass is 670 g/mol. The fourth-order valence-corrected chi connectivity index (χ4v) is 17.8. The van der Waals surface area contributed by atoms with Gasteiger partial charge in [0.1, 0.15) is 0 Å². The first-order valence-corrected chi connectivity index (χ1v) is 18.1. The van der Waals surface area contributed by atoms with Gasteiger partial charge in [-0.05, 0) is 24.0 Å². The first-order chi connectivity index (χ1) is 21.3. The number of fused-ring (bicyclic) bond motifs is 11. The van der Waals surface area contributed by atoms with E-state index >= 15 is 0 Å². The Labute approximate surface area is 271 Å². The summed E-state index contributed by atoms with van der Waals surface area (Å²) in [5.41, 5.74) is 5.80. The van der Waals surface area contributed by atoms with Gasteiger partial charge in [-0.2, -0.15) is 0 Å². The molecule has 2 aliphatic heterocycles. The fourth-order valence-electron chi connectivity index (χ4n) is 8.80. The average molecular weight is 671 g/mol. The van der Waals surface area contributed by atoms with E-state index in [1.807, 2.05) is 47.0 Å². The Morgan fingerprint density at radius 2 is 1.05 bits per heavy atom. The van der Waals surface area contributed by atoms with E-state index in [0.717, 1.165) is 19.3 Å². The molecule has 5 aliphatic carbocycles. The van der Waals surface area contributed by atoms with Crippen LogP contribution in [0.25, 0.3) is 5.57 Å². The molecule has 2 saturated carbocycles. The Balaban J connectivity index is 1.18. The lowest BCUT2D eigenvalue weighted by molar-refractivity contribution is -0.139. The topological polar surface area (TPSA) is 105 Å². The van der Waals surface area contributed by atoms with Crippen LogP contribution < -0.4 is 0 Å². The molecule has 12 heteroatoms. The largest absolute Gasteiger partial charge is 0.466 e. The van der Waals surface area contributed by atoms with E-state index in [1.54, 1.807) is 0 Å². The second-order valence-electron chi connectivity index (χ2n) is 12.1. The highest BCUT2D eigenvalue weighted by Gasteiger charge is 2.67. The van der Waals surface area contributed by atoms with Crippen molar-refractivity contribution in [1.29, 1.82) is 0 Å². The van der Waals surface area contributed by atoms with Gasteiger partial charge in [-0.15, -0.1) is 47.0 Å². The zero-order chi connectivity index (χ0) is 30.7. The molecule has 1 aromatic rings. The van der Waals surface area contributed by atoms with Gasteiger partial charge in [0.2, 0.25) is 0 Å². The first kappa shape index (κ1) is 29.1. The molecule has 8 atom stereocenters. The number of benzene rings is 1. The van der Waals surface area contributed by atoms with E-state index in [4.69, 9.17) is 18.9 Å². The number of rotatable bonds is 4. The summed E-state index contributed by atoms with van der Waals surface area (Å²) in [5, 5.41) is 0.655. The van der Waals surface area contributed by atoms with Crippen molar-refractivity contribution in [3.63, 3.8) is 0 Å². The van der Waals surface area contributed by atoms with E-state index in [0.29, 0.717) is 22.3 Å². The summed E-state index contributed by atoms with van der Waals surface area (Å²) in [4.78, 5) is 51.8. The summed E-state index contributed by atoms with van der Waals surface area (Å²) < 4.78 is 21.6. The van der Waals surface area contributed by atoms with Crippen molar-refractivity contribution >= 4 is 76.5 Å². The van der Waals surface area contributed by atoms with Gasteiger partial charge in [-0.1, -0.05) is 24.3 Å². The predicted molar refractivity (Wildman–Crippen MR) is 171 cm³/mol. The Bertz CT molecular complexity index is 1560. The minimum atomic E-state index is -0.439. The molecule has 8 rings (SSSR count). The maximum atomic E-state index is 13.0. The summed E-state index contributed by atoms with van der Waals surface area (Å²) in [5.74, 6) is -2.00. The summed E-state index contributed by atoms with van der Waals surface area (Å²) in [6.45, 7) is 0. The normalized spacial score (nSPS) is 37.1. The maximum Gasteiger partial charge on any atom is 0.334 e. The Kier molecular flexibility index (Phi) is 6.87. The number of methoxy groups -OCH3 is 4. The molecule has 8 nitrogen and oxygen atoms in total. The number of carbonyl (C=O) groups is 4. The SMILES string of the molecule is COC(=O)C1=C(C(=O)OC)C2CC1C1SC(=C3c4ccccc4CC34SC3C5CC(C(C(=O)OC)=C5C(=O)OC)C3S4)SC21. The quantitative estimate of drug-likeness (QED) is 0.330. The summed E-state index contributed by atoms with van der Waals surface area (Å²) in [7, 11) is 5.46. The molecule has 44 heavy (non-hydrogen) atoms. The van der Waals surface area contributed by atoms with Crippen molar-refractivity contribution in [3.8, 4) is 0 Å². The van der Waals surface area contributed by atoms with Crippen LogP contribution in [0.1, 0.15) is 24.0 Å². The van der Waals surface area contributed by atoms with Crippen molar-refractivity contribution in [2.45, 2.75) is 44.3 Å². The summed E-state index contributed by atoms with van der Waals surface area (Å²) >= 11 is 7.59. The lowest BCUT2D eigenvalue weighted by Crippen LogP contribution is -2.32. The molecule has 0 N–H and O–H groups in total. The van der Waals surface area contributed by atoms with E-state index in [2.05, 4.69) is 24.3 Å². The molecule has 1 aromatic carbocycles. The lowest BCUT2D eigenvalue weighted by atomic mass is 9.91. The Hall–Kier alpha value is -2.28. The van der Waals surface area contributed by atoms with Gasteiger partial charge in [0.15, 0.2) is 0 Å². The molecular weight excluding hydrogens is 641 g/mol. The molecule has 8 unspecified atom stereocenters.